The summed E-state index contributed by atoms with van der Waals surface area (Å²) in [6.45, 7) is 0. The molecule has 3 heterocycles. The van der Waals surface area contributed by atoms with Crippen molar-refractivity contribution in [3.05, 3.63) is 216 Å². The van der Waals surface area contributed by atoms with Crippen molar-refractivity contribution in [2.75, 3.05) is 0 Å². The molecule has 0 amide bonds. The molecular formula is C53H32N4S. The van der Waals surface area contributed by atoms with E-state index in [1.807, 2.05) is 72.4 Å². The molecule has 0 saturated heterocycles. The Morgan fingerprint density at radius 1 is 0.362 bits per heavy atom. The molecular weight excluding hydrogens is 725 g/mol. The van der Waals surface area contributed by atoms with Crippen molar-refractivity contribution in [1.82, 2.24) is 19.9 Å². The first-order valence-electron chi connectivity index (χ1n) is 19.6. The monoisotopic (exact) mass is 756 g/mol. The highest BCUT2D eigenvalue weighted by atomic mass is 32.2. The van der Waals surface area contributed by atoms with E-state index in [1.165, 1.54) is 53.9 Å². The number of nitrogens with zero attached hydrogens (tertiary/aromatic N) is 4. The van der Waals surface area contributed by atoms with Crippen LogP contribution in [0.2, 0.25) is 0 Å². The maximum absolute atomic E-state index is 5.62. The molecule has 1 aliphatic carbocycles. The highest BCUT2D eigenvalue weighted by molar-refractivity contribution is 7.99. The van der Waals surface area contributed by atoms with Crippen LogP contribution in [0.25, 0.3) is 78.2 Å². The Morgan fingerprint density at radius 2 is 0.862 bits per heavy atom. The number of benzene rings is 8. The first-order chi connectivity index (χ1) is 28.8. The van der Waals surface area contributed by atoms with Gasteiger partial charge in [0.15, 0.2) is 17.5 Å². The number of hydrogen-bond acceptors (Lipinski definition) is 5. The fourth-order valence-electron chi connectivity index (χ4n) is 9.32. The molecule has 10 aromatic rings. The summed E-state index contributed by atoms with van der Waals surface area (Å²) in [5.74, 6) is 1.87. The smallest absolute Gasteiger partial charge is 0.164 e. The summed E-state index contributed by atoms with van der Waals surface area (Å²) in [5, 5.41) is 3.41. The second-order valence-corrected chi connectivity index (χ2v) is 16.0. The summed E-state index contributed by atoms with van der Waals surface area (Å²) in [5.41, 5.74) is 13.0. The van der Waals surface area contributed by atoms with Crippen molar-refractivity contribution in [3.8, 4) is 56.5 Å². The lowest BCUT2D eigenvalue weighted by atomic mass is 9.67. The summed E-state index contributed by atoms with van der Waals surface area (Å²) in [4.78, 5) is 23.2. The van der Waals surface area contributed by atoms with Crippen LogP contribution >= 0.6 is 11.8 Å². The van der Waals surface area contributed by atoms with E-state index in [0.717, 1.165) is 38.9 Å². The SMILES string of the molecule is c1ccc(-c2nc(-c3ccccc3)nc(-c3ccc4c(c3)nc(-c3ccccc3)c3c5c(ccc34)C3(c4ccccc4Sc4ccccc43)c3ccccc3-5)n2)cc1. The Kier molecular flexibility index (Phi) is 7.34. The molecule has 8 aromatic carbocycles. The third kappa shape index (κ3) is 4.84. The van der Waals surface area contributed by atoms with Crippen LogP contribution in [-0.2, 0) is 5.41 Å². The van der Waals surface area contributed by atoms with E-state index < -0.39 is 5.41 Å². The van der Waals surface area contributed by atoms with Crippen molar-refractivity contribution >= 4 is 33.4 Å². The molecule has 4 nitrogen and oxygen atoms in total. The molecule has 0 bridgehead atoms. The third-order valence-corrected chi connectivity index (χ3v) is 12.9. The second kappa shape index (κ2) is 12.9. The van der Waals surface area contributed by atoms with E-state index in [9.17, 15) is 0 Å². The third-order valence-electron chi connectivity index (χ3n) is 11.8. The van der Waals surface area contributed by atoms with E-state index in [1.54, 1.807) is 0 Å². The lowest BCUT2D eigenvalue weighted by Gasteiger charge is -2.39. The summed E-state index contributed by atoms with van der Waals surface area (Å²) in [7, 11) is 0. The molecule has 5 heteroatoms. The van der Waals surface area contributed by atoms with Gasteiger partial charge in [-0.1, -0.05) is 188 Å². The molecule has 12 rings (SSSR count). The zero-order valence-electron chi connectivity index (χ0n) is 31.2. The summed E-state index contributed by atoms with van der Waals surface area (Å²) in [6, 6.07) is 69.1. The molecule has 1 spiro atoms. The van der Waals surface area contributed by atoms with E-state index in [2.05, 4.69) is 133 Å². The standard InChI is InChI=1S/C53H32N4S/c1-4-16-33(17-5-1)49-48-38(30-31-43-47(48)39-22-10-11-23-40(39)53(43)41-24-12-14-26-45(41)58-46-27-15-13-25-42(46)53)37-29-28-36(32-44(37)54-49)52-56-50(34-18-6-2-7-19-34)55-51(57-52)35-20-8-3-9-21-35/h1-32H. The van der Waals surface area contributed by atoms with Crippen molar-refractivity contribution in [1.29, 1.82) is 0 Å². The quantitative estimate of drug-likeness (QED) is 0.167. The summed E-state index contributed by atoms with van der Waals surface area (Å²) < 4.78 is 0. The van der Waals surface area contributed by atoms with E-state index in [4.69, 9.17) is 19.9 Å². The average Bonchev–Trinajstić information content (AvgIpc) is 3.60. The number of fused-ring (bicyclic) bond motifs is 13. The van der Waals surface area contributed by atoms with Crippen LogP contribution in [0, 0.1) is 0 Å². The van der Waals surface area contributed by atoms with Gasteiger partial charge in [0.05, 0.1) is 16.6 Å². The molecule has 270 valence electrons. The van der Waals surface area contributed by atoms with Gasteiger partial charge in [-0.25, -0.2) is 19.9 Å². The predicted octanol–water partition coefficient (Wildman–Crippen LogP) is 13.1. The van der Waals surface area contributed by atoms with Crippen LogP contribution in [0.15, 0.2) is 204 Å². The van der Waals surface area contributed by atoms with Crippen molar-refractivity contribution in [2.45, 2.75) is 15.2 Å². The largest absolute Gasteiger partial charge is 0.247 e. The molecule has 0 unspecified atom stereocenters. The minimum Gasteiger partial charge on any atom is -0.247 e. The van der Waals surface area contributed by atoms with Gasteiger partial charge in [-0.05, 0) is 57.0 Å². The molecule has 1 aliphatic heterocycles. The first-order valence-corrected chi connectivity index (χ1v) is 20.4. The highest BCUT2D eigenvalue weighted by Gasteiger charge is 2.50. The highest BCUT2D eigenvalue weighted by Crippen LogP contribution is 2.63. The second-order valence-electron chi connectivity index (χ2n) is 14.9. The normalized spacial score (nSPS) is 13.2. The topological polar surface area (TPSA) is 51.6 Å². The van der Waals surface area contributed by atoms with Gasteiger partial charge < -0.3 is 0 Å². The molecule has 2 aliphatic rings. The molecule has 0 radical (unpaired) electrons. The van der Waals surface area contributed by atoms with E-state index in [-0.39, 0.29) is 0 Å². The zero-order valence-corrected chi connectivity index (χ0v) is 32.0. The minimum atomic E-state index is -0.475. The Morgan fingerprint density at radius 3 is 1.48 bits per heavy atom. The Labute approximate surface area is 340 Å². The van der Waals surface area contributed by atoms with Gasteiger partial charge in [-0.3, -0.25) is 0 Å². The van der Waals surface area contributed by atoms with Crippen molar-refractivity contribution in [3.63, 3.8) is 0 Å². The fraction of sp³-hybridized carbons (Fsp3) is 0.0189. The van der Waals surface area contributed by atoms with Crippen LogP contribution in [0.3, 0.4) is 0 Å². The Hall–Kier alpha value is -7.21. The maximum Gasteiger partial charge on any atom is 0.164 e. The lowest BCUT2D eigenvalue weighted by Crippen LogP contribution is -2.31. The Balaban J connectivity index is 1.15. The number of aromatic nitrogens is 4. The molecule has 0 atom stereocenters. The molecule has 0 fully saturated rings. The van der Waals surface area contributed by atoms with Crippen LogP contribution in [-0.4, -0.2) is 19.9 Å². The lowest BCUT2D eigenvalue weighted by molar-refractivity contribution is 0.723. The van der Waals surface area contributed by atoms with E-state index >= 15 is 0 Å². The molecule has 58 heavy (non-hydrogen) atoms. The van der Waals surface area contributed by atoms with E-state index in [0.29, 0.717) is 17.5 Å². The molecule has 0 N–H and O–H groups in total. The fourth-order valence-corrected chi connectivity index (χ4v) is 10.5. The Bertz CT molecular complexity index is 3150. The van der Waals surface area contributed by atoms with Gasteiger partial charge in [0.1, 0.15) is 0 Å². The molecule has 2 aromatic heterocycles. The number of pyridine rings is 1. The van der Waals surface area contributed by atoms with Gasteiger partial charge in [0, 0.05) is 42.8 Å². The first kappa shape index (κ1) is 33.0. The van der Waals surface area contributed by atoms with Gasteiger partial charge >= 0.3 is 0 Å². The maximum atomic E-state index is 5.62. The van der Waals surface area contributed by atoms with Crippen LogP contribution < -0.4 is 0 Å². The molecule has 0 saturated carbocycles. The summed E-state index contributed by atoms with van der Waals surface area (Å²) in [6.07, 6.45) is 0. The zero-order chi connectivity index (χ0) is 38.2. The van der Waals surface area contributed by atoms with Crippen LogP contribution in [0.5, 0.6) is 0 Å². The van der Waals surface area contributed by atoms with Crippen LogP contribution in [0.1, 0.15) is 22.3 Å². The minimum absolute atomic E-state index is 0.475. The average molecular weight is 757 g/mol. The van der Waals surface area contributed by atoms with Crippen molar-refractivity contribution in [2.24, 2.45) is 0 Å². The number of hydrogen-bond donors (Lipinski definition) is 0. The van der Waals surface area contributed by atoms with Gasteiger partial charge in [0.2, 0.25) is 0 Å². The van der Waals surface area contributed by atoms with Gasteiger partial charge in [-0.2, -0.15) is 0 Å². The van der Waals surface area contributed by atoms with Gasteiger partial charge in [-0.15, -0.1) is 0 Å². The number of rotatable bonds is 4. The summed E-state index contributed by atoms with van der Waals surface area (Å²) >= 11 is 1.87. The van der Waals surface area contributed by atoms with Crippen LogP contribution in [0.4, 0.5) is 0 Å². The predicted molar refractivity (Wildman–Crippen MR) is 236 cm³/mol. The van der Waals surface area contributed by atoms with Gasteiger partial charge in [0.25, 0.3) is 0 Å². The van der Waals surface area contributed by atoms with Crippen molar-refractivity contribution < 1.29 is 0 Å².